The molecule has 0 fully saturated rings. The molecule has 0 aliphatic heterocycles. The third kappa shape index (κ3) is 2.82. The summed E-state index contributed by atoms with van der Waals surface area (Å²) in [5, 5.41) is 3.19. The molecule has 0 atom stereocenters. The predicted molar refractivity (Wildman–Crippen MR) is 74.5 cm³/mol. The number of nitrogens with one attached hydrogen (secondary N) is 1. The van der Waals surface area contributed by atoms with E-state index in [1.807, 2.05) is 31.2 Å². The van der Waals surface area contributed by atoms with Crippen LogP contribution >= 0.6 is 0 Å². The molecule has 0 amide bonds. The van der Waals surface area contributed by atoms with Gasteiger partial charge in [0.05, 0.1) is 30.4 Å². The predicted octanol–water partition coefficient (Wildman–Crippen LogP) is 2.50. The van der Waals surface area contributed by atoms with Crippen molar-refractivity contribution < 1.29 is 9.53 Å². The Hall–Kier alpha value is -2.56. The second kappa shape index (κ2) is 5.39. The summed E-state index contributed by atoms with van der Waals surface area (Å²) in [6.07, 6.45) is 1.59. The van der Waals surface area contributed by atoms with E-state index in [2.05, 4.69) is 15.0 Å². The van der Waals surface area contributed by atoms with Crippen LogP contribution in [-0.4, -0.2) is 18.1 Å². The SMILES string of the molecule is COC(=O)c1cc(C)c(Nc2ccccc2N)cn1. The summed E-state index contributed by atoms with van der Waals surface area (Å²) in [6, 6.07) is 9.13. The van der Waals surface area contributed by atoms with Gasteiger partial charge < -0.3 is 15.8 Å². The minimum absolute atomic E-state index is 0.284. The summed E-state index contributed by atoms with van der Waals surface area (Å²) in [5.74, 6) is -0.450. The summed E-state index contributed by atoms with van der Waals surface area (Å²) in [5.41, 5.74) is 9.29. The number of esters is 1. The maximum Gasteiger partial charge on any atom is 0.356 e. The average molecular weight is 257 g/mol. The number of hydrogen-bond acceptors (Lipinski definition) is 5. The van der Waals surface area contributed by atoms with Crippen molar-refractivity contribution in [3.63, 3.8) is 0 Å². The Morgan fingerprint density at radius 3 is 2.68 bits per heavy atom. The van der Waals surface area contributed by atoms with E-state index in [1.165, 1.54) is 7.11 Å². The molecule has 19 heavy (non-hydrogen) atoms. The van der Waals surface area contributed by atoms with Crippen molar-refractivity contribution in [2.24, 2.45) is 0 Å². The maximum atomic E-state index is 11.4. The molecule has 0 saturated heterocycles. The molecule has 2 aromatic rings. The van der Waals surface area contributed by atoms with E-state index in [0.29, 0.717) is 5.69 Å². The molecular formula is C14H15N3O2. The third-order valence-electron chi connectivity index (χ3n) is 2.74. The number of hydrogen-bond donors (Lipinski definition) is 2. The van der Waals surface area contributed by atoms with Gasteiger partial charge in [0.15, 0.2) is 0 Å². The van der Waals surface area contributed by atoms with Crippen molar-refractivity contribution in [3.05, 3.63) is 47.8 Å². The molecule has 0 bridgehead atoms. The van der Waals surface area contributed by atoms with Crippen LogP contribution in [-0.2, 0) is 4.74 Å². The fourth-order valence-electron chi connectivity index (χ4n) is 1.66. The molecule has 1 aromatic heterocycles. The summed E-state index contributed by atoms with van der Waals surface area (Å²) < 4.78 is 4.63. The number of ether oxygens (including phenoxy) is 1. The van der Waals surface area contributed by atoms with Crippen molar-refractivity contribution >= 4 is 23.0 Å². The van der Waals surface area contributed by atoms with E-state index in [4.69, 9.17) is 5.73 Å². The molecule has 2 rings (SSSR count). The average Bonchev–Trinajstić information content (AvgIpc) is 2.42. The van der Waals surface area contributed by atoms with Gasteiger partial charge in [0.1, 0.15) is 5.69 Å². The number of nitrogen functional groups attached to an aromatic ring is 1. The fraction of sp³-hybridized carbons (Fsp3) is 0.143. The molecule has 98 valence electrons. The molecule has 0 aliphatic rings. The Morgan fingerprint density at radius 2 is 2.05 bits per heavy atom. The topological polar surface area (TPSA) is 77.2 Å². The van der Waals surface area contributed by atoms with E-state index in [-0.39, 0.29) is 5.69 Å². The van der Waals surface area contributed by atoms with Gasteiger partial charge in [0.25, 0.3) is 0 Å². The van der Waals surface area contributed by atoms with Crippen LogP contribution in [0.5, 0.6) is 0 Å². The van der Waals surface area contributed by atoms with Crippen LogP contribution in [0.4, 0.5) is 17.1 Å². The fourth-order valence-corrected chi connectivity index (χ4v) is 1.66. The number of rotatable bonds is 3. The van der Waals surface area contributed by atoms with E-state index in [0.717, 1.165) is 16.9 Å². The van der Waals surface area contributed by atoms with Crippen LogP contribution in [0, 0.1) is 6.92 Å². The second-order valence-electron chi connectivity index (χ2n) is 4.09. The zero-order valence-corrected chi connectivity index (χ0v) is 10.8. The smallest absolute Gasteiger partial charge is 0.356 e. The van der Waals surface area contributed by atoms with Crippen molar-refractivity contribution in [1.82, 2.24) is 4.98 Å². The van der Waals surface area contributed by atoms with Gasteiger partial charge in [-0.05, 0) is 30.7 Å². The molecule has 5 heteroatoms. The van der Waals surface area contributed by atoms with Crippen LogP contribution in [0.2, 0.25) is 0 Å². The Balaban J connectivity index is 2.27. The second-order valence-corrected chi connectivity index (χ2v) is 4.09. The number of aryl methyl sites for hydroxylation is 1. The monoisotopic (exact) mass is 257 g/mol. The summed E-state index contributed by atoms with van der Waals surface area (Å²) in [4.78, 5) is 15.4. The van der Waals surface area contributed by atoms with E-state index in [9.17, 15) is 4.79 Å². The van der Waals surface area contributed by atoms with Crippen molar-refractivity contribution in [1.29, 1.82) is 0 Å². The minimum atomic E-state index is -0.450. The number of para-hydroxylation sites is 2. The first kappa shape index (κ1) is 12.9. The van der Waals surface area contributed by atoms with Crippen molar-refractivity contribution in [2.75, 3.05) is 18.2 Å². The molecule has 0 saturated carbocycles. The molecule has 0 unspecified atom stereocenters. The molecule has 1 heterocycles. The highest BCUT2D eigenvalue weighted by atomic mass is 16.5. The van der Waals surface area contributed by atoms with Gasteiger partial charge in [-0.3, -0.25) is 0 Å². The number of benzene rings is 1. The number of nitrogens with zero attached hydrogens (tertiary/aromatic N) is 1. The highest BCUT2D eigenvalue weighted by Crippen LogP contribution is 2.24. The number of carbonyl (C=O) groups is 1. The Kier molecular flexibility index (Phi) is 3.66. The molecule has 0 radical (unpaired) electrons. The number of aromatic nitrogens is 1. The van der Waals surface area contributed by atoms with Crippen LogP contribution < -0.4 is 11.1 Å². The quantitative estimate of drug-likeness (QED) is 0.652. The van der Waals surface area contributed by atoms with E-state index >= 15 is 0 Å². The summed E-state index contributed by atoms with van der Waals surface area (Å²) in [6.45, 7) is 1.88. The normalized spacial score (nSPS) is 10.0. The molecule has 3 N–H and O–H groups in total. The zero-order chi connectivity index (χ0) is 13.8. The van der Waals surface area contributed by atoms with Gasteiger partial charge in [-0.15, -0.1) is 0 Å². The van der Waals surface area contributed by atoms with Gasteiger partial charge >= 0.3 is 5.97 Å². The Labute approximate surface area is 111 Å². The third-order valence-corrected chi connectivity index (χ3v) is 2.74. The van der Waals surface area contributed by atoms with Crippen LogP contribution in [0.25, 0.3) is 0 Å². The number of methoxy groups -OCH3 is 1. The number of pyridine rings is 1. The Morgan fingerprint density at radius 1 is 1.32 bits per heavy atom. The highest BCUT2D eigenvalue weighted by molar-refractivity contribution is 5.88. The van der Waals surface area contributed by atoms with Crippen LogP contribution in [0.3, 0.4) is 0 Å². The van der Waals surface area contributed by atoms with Crippen LogP contribution in [0.1, 0.15) is 16.1 Å². The lowest BCUT2D eigenvalue weighted by Gasteiger charge is -2.11. The van der Waals surface area contributed by atoms with Gasteiger partial charge in [-0.25, -0.2) is 9.78 Å². The Bertz CT molecular complexity index is 611. The largest absolute Gasteiger partial charge is 0.464 e. The lowest BCUT2D eigenvalue weighted by molar-refractivity contribution is 0.0594. The first-order valence-electron chi connectivity index (χ1n) is 5.78. The first-order chi connectivity index (χ1) is 9.11. The number of nitrogens with two attached hydrogens (primary N) is 1. The van der Waals surface area contributed by atoms with Crippen molar-refractivity contribution in [2.45, 2.75) is 6.92 Å². The highest BCUT2D eigenvalue weighted by Gasteiger charge is 2.09. The van der Waals surface area contributed by atoms with Gasteiger partial charge in [0.2, 0.25) is 0 Å². The van der Waals surface area contributed by atoms with Crippen LogP contribution in [0.15, 0.2) is 36.5 Å². The number of carbonyl (C=O) groups excluding carboxylic acids is 1. The molecule has 5 nitrogen and oxygen atoms in total. The van der Waals surface area contributed by atoms with Gasteiger partial charge in [0, 0.05) is 0 Å². The van der Waals surface area contributed by atoms with E-state index in [1.54, 1.807) is 12.3 Å². The minimum Gasteiger partial charge on any atom is -0.464 e. The standard InChI is InChI=1S/C14H15N3O2/c1-9-7-12(14(18)19-2)16-8-13(9)17-11-6-4-3-5-10(11)15/h3-8,17H,15H2,1-2H3. The summed E-state index contributed by atoms with van der Waals surface area (Å²) >= 11 is 0. The lowest BCUT2D eigenvalue weighted by atomic mass is 10.2. The van der Waals surface area contributed by atoms with Gasteiger partial charge in [-0.1, -0.05) is 12.1 Å². The zero-order valence-electron chi connectivity index (χ0n) is 10.8. The first-order valence-corrected chi connectivity index (χ1v) is 5.78. The lowest BCUT2D eigenvalue weighted by Crippen LogP contribution is -2.06. The molecule has 1 aromatic carbocycles. The molecule has 0 spiro atoms. The van der Waals surface area contributed by atoms with Gasteiger partial charge in [-0.2, -0.15) is 0 Å². The summed E-state index contributed by atoms with van der Waals surface area (Å²) in [7, 11) is 1.33. The number of anilines is 3. The molecule has 0 aliphatic carbocycles. The van der Waals surface area contributed by atoms with Crippen molar-refractivity contribution in [3.8, 4) is 0 Å². The maximum absolute atomic E-state index is 11.4. The molecular weight excluding hydrogens is 242 g/mol. The van der Waals surface area contributed by atoms with E-state index < -0.39 is 5.97 Å².